The number of urea groups is 1. The van der Waals surface area contributed by atoms with E-state index >= 15 is 0 Å². The molecular weight excluding hydrogens is 520 g/mol. The molecule has 2 heterocycles. The Hall–Kier alpha value is -2.99. The average Bonchev–Trinajstić information content (AvgIpc) is 3.28. The van der Waals surface area contributed by atoms with Crippen molar-refractivity contribution in [3.05, 3.63) is 52.6 Å². The lowest BCUT2D eigenvalue weighted by Gasteiger charge is -2.37. The van der Waals surface area contributed by atoms with E-state index in [-0.39, 0.29) is 30.2 Å². The van der Waals surface area contributed by atoms with E-state index in [4.69, 9.17) is 11.5 Å². The van der Waals surface area contributed by atoms with Crippen molar-refractivity contribution in [2.45, 2.75) is 70.1 Å². The first-order chi connectivity index (χ1) is 18.0. The SMILES string of the molecule is CC(Cc1ccc(-n2ccc(NC(=O)N3CCN(C(=O)C(C)(C)N)CC3)nc2=O)cc1)N[C@H]1CC[C@@H](N)C1.Cl. The van der Waals surface area contributed by atoms with Gasteiger partial charge in [-0.05, 0) is 70.2 Å². The summed E-state index contributed by atoms with van der Waals surface area (Å²) in [5.41, 5.74) is 12.4. The van der Waals surface area contributed by atoms with Crippen molar-refractivity contribution in [2.24, 2.45) is 11.5 Å². The molecule has 1 unspecified atom stereocenters. The topological polar surface area (TPSA) is 152 Å². The zero-order valence-electron chi connectivity index (χ0n) is 22.9. The van der Waals surface area contributed by atoms with Crippen molar-refractivity contribution in [1.82, 2.24) is 24.7 Å². The number of amides is 3. The molecule has 39 heavy (non-hydrogen) atoms. The van der Waals surface area contributed by atoms with Crippen molar-refractivity contribution in [3.8, 4) is 5.69 Å². The molecule has 3 amide bonds. The fraction of sp³-hybridized carbons (Fsp3) is 0.556. The Labute approximate surface area is 235 Å². The number of hydrogen-bond donors (Lipinski definition) is 4. The molecule has 4 rings (SSSR count). The number of anilines is 1. The Bertz CT molecular complexity index is 1190. The van der Waals surface area contributed by atoms with Gasteiger partial charge >= 0.3 is 11.7 Å². The molecule has 1 aliphatic carbocycles. The number of benzene rings is 1. The van der Waals surface area contributed by atoms with E-state index < -0.39 is 11.2 Å². The van der Waals surface area contributed by atoms with Crippen LogP contribution in [0.1, 0.15) is 45.6 Å². The van der Waals surface area contributed by atoms with Crippen molar-refractivity contribution in [3.63, 3.8) is 0 Å². The first-order valence-corrected chi connectivity index (χ1v) is 13.3. The Morgan fingerprint density at radius 1 is 1.08 bits per heavy atom. The predicted molar refractivity (Wildman–Crippen MR) is 154 cm³/mol. The summed E-state index contributed by atoms with van der Waals surface area (Å²) in [5.74, 6) is 0.0392. The van der Waals surface area contributed by atoms with E-state index in [0.29, 0.717) is 50.0 Å². The van der Waals surface area contributed by atoms with Gasteiger partial charge in [0.05, 0.1) is 11.2 Å². The second-order valence-electron chi connectivity index (χ2n) is 11.1. The van der Waals surface area contributed by atoms with Gasteiger partial charge in [0.1, 0.15) is 5.82 Å². The standard InChI is InChI=1S/C27H40N8O3.ClH/c1-18(30-21-7-6-20(28)17-21)16-19-4-8-22(9-5-19)35-11-10-23(32-26(35)38)31-25(37)34-14-12-33(13-15-34)24(36)27(2,3)29;/h4-5,8-11,18,20-21,30H,6-7,12-17,28-29H2,1-3H3,(H,31,32,37,38);1H/t18?,20-,21+;/m1./s1. The minimum Gasteiger partial charge on any atom is -0.338 e. The summed E-state index contributed by atoms with van der Waals surface area (Å²) in [6.45, 7) is 7.08. The molecule has 2 aromatic rings. The van der Waals surface area contributed by atoms with Gasteiger partial charge in [0.2, 0.25) is 5.91 Å². The highest BCUT2D eigenvalue weighted by atomic mass is 35.5. The maximum Gasteiger partial charge on any atom is 0.354 e. The number of aromatic nitrogens is 2. The number of carbonyl (C=O) groups is 2. The van der Waals surface area contributed by atoms with E-state index in [1.165, 1.54) is 10.1 Å². The summed E-state index contributed by atoms with van der Waals surface area (Å²) in [4.78, 5) is 45.0. The summed E-state index contributed by atoms with van der Waals surface area (Å²) < 4.78 is 1.44. The molecule has 1 saturated heterocycles. The monoisotopic (exact) mass is 560 g/mol. The lowest BCUT2D eigenvalue weighted by molar-refractivity contribution is -0.137. The Morgan fingerprint density at radius 3 is 2.28 bits per heavy atom. The predicted octanol–water partition coefficient (Wildman–Crippen LogP) is 1.47. The number of carbonyl (C=O) groups excluding carboxylic acids is 2. The third-order valence-electron chi connectivity index (χ3n) is 7.19. The number of piperazine rings is 1. The van der Waals surface area contributed by atoms with Gasteiger partial charge in [0.15, 0.2) is 0 Å². The van der Waals surface area contributed by atoms with E-state index in [9.17, 15) is 14.4 Å². The van der Waals surface area contributed by atoms with Gasteiger partial charge in [-0.15, -0.1) is 12.4 Å². The van der Waals surface area contributed by atoms with Crippen LogP contribution in [-0.2, 0) is 11.2 Å². The van der Waals surface area contributed by atoms with Gasteiger partial charge in [-0.25, -0.2) is 9.59 Å². The number of rotatable bonds is 7. The summed E-state index contributed by atoms with van der Waals surface area (Å²) in [5, 5.41) is 6.35. The Morgan fingerprint density at radius 2 is 1.72 bits per heavy atom. The van der Waals surface area contributed by atoms with Gasteiger partial charge in [-0.1, -0.05) is 12.1 Å². The third-order valence-corrected chi connectivity index (χ3v) is 7.19. The van der Waals surface area contributed by atoms with Crippen molar-refractivity contribution in [2.75, 3.05) is 31.5 Å². The van der Waals surface area contributed by atoms with E-state index in [1.54, 1.807) is 35.9 Å². The van der Waals surface area contributed by atoms with Crippen molar-refractivity contribution < 1.29 is 9.59 Å². The number of nitrogens with zero attached hydrogens (tertiary/aromatic N) is 4. The number of hydrogen-bond acceptors (Lipinski definition) is 7. The highest BCUT2D eigenvalue weighted by Gasteiger charge is 2.31. The first-order valence-electron chi connectivity index (χ1n) is 13.3. The molecule has 0 bridgehead atoms. The summed E-state index contributed by atoms with van der Waals surface area (Å²) in [6, 6.07) is 10.2. The van der Waals surface area contributed by atoms with Crippen molar-refractivity contribution in [1.29, 1.82) is 0 Å². The van der Waals surface area contributed by atoms with Gasteiger partial charge in [0.25, 0.3) is 0 Å². The second kappa shape index (κ2) is 12.9. The molecule has 12 heteroatoms. The van der Waals surface area contributed by atoms with Gasteiger partial charge in [-0.2, -0.15) is 4.98 Å². The molecule has 1 aromatic heterocycles. The minimum atomic E-state index is -0.946. The van der Waals surface area contributed by atoms with Crippen LogP contribution in [0.15, 0.2) is 41.3 Å². The molecule has 1 aromatic carbocycles. The molecular formula is C27H41ClN8O3. The van der Waals surface area contributed by atoms with Gasteiger partial charge < -0.3 is 26.6 Å². The summed E-state index contributed by atoms with van der Waals surface area (Å²) in [7, 11) is 0. The fourth-order valence-electron chi connectivity index (χ4n) is 5.15. The molecule has 214 valence electrons. The largest absolute Gasteiger partial charge is 0.354 e. The molecule has 2 aliphatic rings. The van der Waals surface area contributed by atoms with Crippen LogP contribution in [0.2, 0.25) is 0 Å². The molecule has 1 aliphatic heterocycles. The van der Waals surface area contributed by atoms with Crippen LogP contribution in [0.5, 0.6) is 0 Å². The van der Waals surface area contributed by atoms with Gasteiger partial charge in [-0.3, -0.25) is 14.7 Å². The smallest absolute Gasteiger partial charge is 0.338 e. The average molecular weight is 561 g/mol. The Balaban J connectivity index is 0.00000420. The highest BCUT2D eigenvalue weighted by Crippen LogP contribution is 2.19. The molecule has 2 fully saturated rings. The van der Waals surface area contributed by atoms with E-state index in [1.807, 2.05) is 24.3 Å². The van der Waals surface area contributed by atoms with E-state index in [2.05, 4.69) is 22.5 Å². The van der Waals surface area contributed by atoms with Crippen LogP contribution in [0.25, 0.3) is 5.69 Å². The molecule has 6 N–H and O–H groups in total. The van der Waals surface area contributed by atoms with Crippen LogP contribution < -0.4 is 27.8 Å². The molecule has 11 nitrogen and oxygen atoms in total. The molecule has 1 saturated carbocycles. The zero-order chi connectivity index (χ0) is 27.4. The number of nitrogens with one attached hydrogen (secondary N) is 2. The van der Waals surface area contributed by atoms with E-state index in [0.717, 1.165) is 25.7 Å². The van der Waals surface area contributed by atoms with Crippen LogP contribution in [-0.4, -0.2) is 81.1 Å². The second-order valence-corrected chi connectivity index (χ2v) is 11.1. The molecule has 0 radical (unpaired) electrons. The van der Waals surface area contributed by atoms with Crippen LogP contribution >= 0.6 is 12.4 Å². The third kappa shape index (κ3) is 8.01. The maximum atomic E-state index is 12.7. The quantitative estimate of drug-likeness (QED) is 0.400. The fourth-order valence-corrected chi connectivity index (χ4v) is 5.15. The van der Waals surface area contributed by atoms with Crippen molar-refractivity contribution >= 4 is 30.2 Å². The summed E-state index contributed by atoms with van der Waals surface area (Å²) >= 11 is 0. The zero-order valence-corrected chi connectivity index (χ0v) is 23.7. The molecule has 0 spiro atoms. The van der Waals surface area contributed by atoms with Crippen LogP contribution in [0, 0.1) is 0 Å². The first kappa shape index (κ1) is 30.6. The Kier molecular flexibility index (Phi) is 10.1. The summed E-state index contributed by atoms with van der Waals surface area (Å²) in [6.07, 6.45) is 5.73. The lowest BCUT2D eigenvalue weighted by atomic mass is 10.1. The number of halogens is 1. The highest BCUT2D eigenvalue weighted by molar-refractivity contribution is 5.89. The minimum absolute atomic E-state index is 0. The van der Waals surface area contributed by atoms with Gasteiger partial charge in [0, 0.05) is 50.5 Å². The van der Waals surface area contributed by atoms with Crippen LogP contribution in [0.4, 0.5) is 10.6 Å². The molecule has 3 atom stereocenters. The normalized spacial score (nSPS) is 20.3. The maximum absolute atomic E-state index is 12.7. The lowest BCUT2D eigenvalue weighted by Crippen LogP contribution is -2.58. The van der Waals surface area contributed by atoms with Crippen LogP contribution in [0.3, 0.4) is 0 Å². The number of nitrogens with two attached hydrogens (primary N) is 2.